The van der Waals surface area contributed by atoms with E-state index in [1.54, 1.807) is 13.2 Å². The second-order valence-electron chi connectivity index (χ2n) is 4.30. The van der Waals surface area contributed by atoms with Crippen molar-refractivity contribution in [3.8, 4) is 5.75 Å². The van der Waals surface area contributed by atoms with Crippen molar-refractivity contribution in [3.05, 3.63) is 28.5 Å². The topological polar surface area (TPSA) is 21.3 Å². The zero-order valence-electron chi connectivity index (χ0n) is 9.44. The number of rotatable bonds is 2. The molecule has 1 N–H and O–H groups in total. The standard InChI is InChI=1S/C12H15ClFNO/c1-12(6-3-7-15-12)10-9(16-2)5-4-8(13)11(10)14/h4-5,15H,3,6-7H2,1-2H3. The van der Waals surface area contributed by atoms with E-state index in [1.807, 2.05) is 6.92 Å². The smallest absolute Gasteiger partial charge is 0.150 e. The molecule has 4 heteroatoms. The fraction of sp³-hybridized carbons (Fsp3) is 0.500. The van der Waals surface area contributed by atoms with Gasteiger partial charge in [-0.25, -0.2) is 4.39 Å². The van der Waals surface area contributed by atoms with E-state index in [0.29, 0.717) is 11.3 Å². The van der Waals surface area contributed by atoms with E-state index in [2.05, 4.69) is 5.32 Å². The van der Waals surface area contributed by atoms with Gasteiger partial charge in [0.1, 0.15) is 5.75 Å². The summed E-state index contributed by atoms with van der Waals surface area (Å²) in [6.07, 6.45) is 1.92. The Hall–Kier alpha value is -0.800. The van der Waals surface area contributed by atoms with Gasteiger partial charge in [0.25, 0.3) is 0 Å². The minimum atomic E-state index is -0.377. The monoisotopic (exact) mass is 243 g/mol. The van der Waals surface area contributed by atoms with Gasteiger partial charge in [-0.2, -0.15) is 0 Å². The molecule has 0 aliphatic carbocycles. The number of halogens is 2. The molecule has 1 aromatic carbocycles. The quantitative estimate of drug-likeness (QED) is 0.862. The number of ether oxygens (including phenoxy) is 1. The van der Waals surface area contributed by atoms with Crippen LogP contribution >= 0.6 is 11.6 Å². The average molecular weight is 244 g/mol. The highest BCUT2D eigenvalue weighted by molar-refractivity contribution is 6.30. The molecule has 2 rings (SSSR count). The average Bonchev–Trinajstić information content (AvgIpc) is 2.69. The predicted octanol–water partition coefficient (Wildman–Crippen LogP) is 3.09. The van der Waals surface area contributed by atoms with Crippen molar-refractivity contribution in [2.24, 2.45) is 0 Å². The molecule has 2 nitrogen and oxygen atoms in total. The summed E-state index contributed by atoms with van der Waals surface area (Å²) in [4.78, 5) is 0. The maximum absolute atomic E-state index is 14.1. The van der Waals surface area contributed by atoms with Gasteiger partial charge in [-0.15, -0.1) is 0 Å². The van der Waals surface area contributed by atoms with Crippen LogP contribution in [0, 0.1) is 5.82 Å². The third kappa shape index (κ3) is 1.78. The molecule has 1 aliphatic heterocycles. The molecule has 88 valence electrons. The first-order valence-electron chi connectivity index (χ1n) is 5.36. The lowest BCUT2D eigenvalue weighted by Gasteiger charge is -2.27. The zero-order valence-corrected chi connectivity index (χ0v) is 10.2. The largest absolute Gasteiger partial charge is 0.496 e. The lowest BCUT2D eigenvalue weighted by molar-refractivity contribution is 0.356. The molecule has 0 spiro atoms. The zero-order chi connectivity index (χ0) is 11.8. The highest BCUT2D eigenvalue weighted by atomic mass is 35.5. The van der Waals surface area contributed by atoms with E-state index in [9.17, 15) is 4.39 Å². The summed E-state index contributed by atoms with van der Waals surface area (Å²) in [5.41, 5.74) is 0.167. The Labute approximate surface area is 99.7 Å². The molecule has 1 fully saturated rings. The van der Waals surface area contributed by atoms with Crippen molar-refractivity contribution < 1.29 is 9.13 Å². The summed E-state index contributed by atoms with van der Waals surface area (Å²) < 4.78 is 19.3. The van der Waals surface area contributed by atoms with E-state index >= 15 is 0 Å². The first-order chi connectivity index (χ1) is 7.58. The van der Waals surface area contributed by atoms with Crippen LogP contribution in [-0.4, -0.2) is 13.7 Å². The van der Waals surface area contributed by atoms with E-state index in [-0.39, 0.29) is 16.4 Å². The summed E-state index contributed by atoms with van der Waals surface area (Å²) in [5, 5.41) is 3.46. The molecule has 1 saturated heterocycles. The number of benzene rings is 1. The summed E-state index contributed by atoms with van der Waals surface area (Å²) in [6, 6.07) is 3.24. The summed E-state index contributed by atoms with van der Waals surface area (Å²) in [7, 11) is 1.55. The van der Waals surface area contributed by atoms with Crippen LogP contribution in [-0.2, 0) is 5.54 Å². The van der Waals surface area contributed by atoms with E-state index in [1.165, 1.54) is 6.07 Å². The van der Waals surface area contributed by atoms with Crippen LogP contribution in [0.2, 0.25) is 5.02 Å². The van der Waals surface area contributed by atoms with Gasteiger partial charge >= 0.3 is 0 Å². The van der Waals surface area contributed by atoms with Gasteiger partial charge in [0.05, 0.1) is 17.7 Å². The molecule has 1 aromatic rings. The summed E-state index contributed by atoms with van der Waals surface area (Å²) in [5.74, 6) is 0.178. The lowest BCUT2D eigenvalue weighted by atomic mass is 9.89. The number of nitrogens with one attached hydrogen (secondary N) is 1. The Morgan fingerprint density at radius 1 is 1.50 bits per heavy atom. The maximum atomic E-state index is 14.1. The Balaban J connectivity index is 2.56. The Bertz CT molecular complexity index is 402. The highest BCUT2D eigenvalue weighted by Crippen LogP contribution is 2.40. The Morgan fingerprint density at radius 3 is 2.81 bits per heavy atom. The molecule has 0 radical (unpaired) electrons. The van der Waals surface area contributed by atoms with Crippen molar-refractivity contribution in [1.29, 1.82) is 0 Å². The minimum Gasteiger partial charge on any atom is -0.496 e. The maximum Gasteiger partial charge on any atom is 0.150 e. The normalized spacial score (nSPS) is 24.8. The van der Waals surface area contributed by atoms with Gasteiger partial charge < -0.3 is 10.1 Å². The third-order valence-electron chi connectivity index (χ3n) is 3.20. The molecule has 1 atom stereocenters. The second-order valence-corrected chi connectivity index (χ2v) is 4.71. The van der Waals surface area contributed by atoms with Crippen LogP contribution in [0.15, 0.2) is 12.1 Å². The molecule has 1 aliphatic rings. The van der Waals surface area contributed by atoms with Gasteiger partial charge in [-0.05, 0) is 38.4 Å². The van der Waals surface area contributed by atoms with Crippen LogP contribution in [0.4, 0.5) is 4.39 Å². The lowest BCUT2D eigenvalue weighted by Crippen LogP contribution is -2.34. The SMILES string of the molecule is COc1ccc(Cl)c(F)c1C1(C)CCCN1. The third-order valence-corrected chi connectivity index (χ3v) is 3.49. The van der Waals surface area contributed by atoms with E-state index < -0.39 is 0 Å². The molecule has 0 bridgehead atoms. The van der Waals surface area contributed by atoms with Crippen molar-refractivity contribution in [3.63, 3.8) is 0 Å². The molecule has 1 heterocycles. The van der Waals surface area contributed by atoms with E-state index in [4.69, 9.17) is 16.3 Å². The Kier molecular flexibility index (Phi) is 3.08. The fourth-order valence-corrected chi connectivity index (χ4v) is 2.48. The fourth-order valence-electron chi connectivity index (χ4n) is 2.33. The van der Waals surface area contributed by atoms with Crippen molar-refractivity contribution in [1.82, 2.24) is 5.32 Å². The molecule has 1 unspecified atom stereocenters. The second kappa shape index (κ2) is 4.22. The summed E-state index contributed by atoms with van der Waals surface area (Å²) in [6.45, 7) is 2.88. The Morgan fingerprint density at radius 2 is 2.25 bits per heavy atom. The number of methoxy groups -OCH3 is 1. The van der Waals surface area contributed by atoms with Crippen LogP contribution in [0.1, 0.15) is 25.3 Å². The van der Waals surface area contributed by atoms with Gasteiger partial charge in [0.15, 0.2) is 5.82 Å². The first-order valence-corrected chi connectivity index (χ1v) is 5.74. The number of hydrogen-bond donors (Lipinski definition) is 1. The summed E-state index contributed by atoms with van der Waals surface area (Å²) >= 11 is 5.82. The van der Waals surface area contributed by atoms with Crippen LogP contribution in [0.25, 0.3) is 0 Å². The predicted molar refractivity (Wildman–Crippen MR) is 62.6 cm³/mol. The minimum absolute atomic E-state index is 0.144. The molecular formula is C12H15ClFNO. The molecule has 0 aromatic heterocycles. The van der Waals surface area contributed by atoms with Crippen molar-refractivity contribution in [2.75, 3.05) is 13.7 Å². The van der Waals surface area contributed by atoms with Crippen LogP contribution in [0.3, 0.4) is 0 Å². The van der Waals surface area contributed by atoms with Crippen molar-refractivity contribution >= 4 is 11.6 Å². The highest BCUT2D eigenvalue weighted by Gasteiger charge is 2.36. The molecule has 16 heavy (non-hydrogen) atoms. The van der Waals surface area contributed by atoms with Gasteiger partial charge in [-0.3, -0.25) is 0 Å². The van der Waals surface area contributed by atoms with Gasteiger partial charge in [0, 0.05) is 5.54 Å². The van der Waals surface area contributed by atoms with E-state index in [0.717, 1.165) is 19.4 Å². The molecule has 0 amide bonds. The van der Waals surface area contributed by atoms with Crippen LogP contribution < -0.4 is 10.1 Å². The van der Waals surface area contributed by atoms with Gasteiger partial charge in [0.2, 0.25) is 0 Å². The van der Waals surface area contributed by atoms with Crippen LogP contribution in [0.5, 0.6) is 5.75 Å². The first kappa shape index (κ1) is 11.7. The van der Waals surface area contributed by atoms with Crippen molar-refractivity contribution in [2.45, 2.75) is 25.3 Å². The molecular weight excluding hydrogens is 229 g/mol. The molecule has 0 saturated carbocycles. The number of hydrogen-bond acceptors (Lipinski definition) is 2. The van der Waals surface area contributed by atoms with Gasteiger partial charge in [-0.1, -0.05) is 11.6 Å².